The van der Waals surface area contributed by atoms with Crippen LogP contribution in [0.1, 0.15) is 74.3 Å². The number of hydrogen-bond donors (Lipinski definition) is 4. The maximum absolute atomic E-state index is 13.7. The third-order valence-electron chi connectivity index (χ3n) is 7.60. The Bertz CT molecular complexity index is 1280. The van der Waals surface area contributed by atoms with Gasteiger partial charge in [0.15, 0.2) is 0 Å². The largest absolute Gasteiger partial charge is 0.506 e. The van der Waals surface area contributed by atoms with E-state index >= 15 is 0 Å². The fraction of sp³-hybridized carbons (Fsp3) is 0.533. The SMILES string of the molecule is CCCCc1[nH]c(=O)c(C(=O)NC(CC2CCCCC2)C(=O)N(C)CC(=O)O)c(O)c1-c1c(OC)cccc1OC. The van der Waals surface area contributed by atoms with E-state index in [0.29, 0.717) is 42.0 Å². The van der Waals surface area contributed by atoms with Crippen LogP contribution in [-0.4, -0.2) is 71.7 Å². The number of nitrogens with zero attached hydrogens (tertiary/aromatic N) is 1. The summed E-state index contributed by atoms with van der Waals surface area (Å²) < 4.78 is 11.1. The molecular weight excluding hydrogens is 530 g/mol. The van der Waals surface area contributed by atoms with Crippen molar-refractivity contribution in [1.29, 1.82) is 0 Å². The zero-order valence-corrected chi connectivity index (χ0v) is 24.2. The highest BCUT2D eigenvalue weighted by Crippen LogP contribution is 2.44. The van der Waals surface area contributed by atoms with Gasteiger partial charge in [-0.05, 0) is 37.3 Å². The summed E-state index contributed by atoms with van der Waals surface area (Å²) in [6.07, 6.45) is 7.14. The molecule has 1 aromatic carbocycles. The molecule has 1 aliphatic rings. The smallest absolute Gasteiger partial charge is 0.323 e. The highest BCUT2D eigenvalue weighted by Gasteiger charge is 2.32. The Hall–Kier alpha value is -4.02. The molecule has 0 bridgehead atoms. The summed E-state index contributed by atoms with van der Waals surface area (Å²) in [5.41, 5.74) is -0.343. The summed E-state index contributed by atoms with van der Waals surface area (Å²) in [7, 11) is 4.29. The number of hydrogen-bond acceptors (Lipinski definition) is 7. The Morgan fingerprint density at radius 1 is 1.10 bits per heavy atom. The first-order chi connectivity index (χ1) is 19.6. The zero-order valence-electron chi connectivity index (χ0n) is 24.2. The van der Waals surface area contributed by atoms with E-state index in [1.807, 2.05) is 6.92 Å². The number of nitrogens with one attached hydrogen (secondary N) is 2. The third kappa shape index (κ3) is 7.59. The molecule has 11 nitrogen and oxygen atoms in total. The van der Waals surface area contributed by atoms with E-state index in [0.717, 1.165) is 43.4 Å². The van der Waals surface area contributed by atoms with Gasteiger partial charge in [-0.25, -0.2) is 0 Å². The fourth-order valence-corrected chi connectivity index (χ4v) is 5.51. The number of H-pyrrole nitrogens is 1. The third-order valence-corrected chi connectivity index (χ3v) is 7.60. The summed E-state index contributed by atoms with van der Waals surface area (Å²) in [5, 5.41) is 23.4. The van der Waals surface area contributed by atoms with E-state index in [4.69, 9.17) is 9.47 Å². The molecule has 1 atom stereocenters. The van der Waals surface area contributed by atoms with Gasteiger partial charge < -0.3 is 34.9 Å². The number of aromatic amines is 1. The molecule has 11 heteroatoms. The molecule has 0 aliphatic heterocycles. The molecule has 1 aliphatic carbocycles. The quantitative estimate of drug-likeness (QED) is 0.283. The molecular formula is C30H41N3O8. The molecule has 0 saturated heterocycles. The topological polar surface area (TPSA) is 158 Å². The van der Waals surface area contributed by atoms with Crippen molar-refractivity contribution < 1.29 is 34.1 Å². The first kappa shape index (κ1) is 31.5. The van der Waals surface area contributed by atoms with Crippen LogP contribution < -0.4 is 20.3 Å². The predicted molar refractivity (Wildman–Crippen MR) is 154 cm³/mol. The zero-order chi connectivity index (χ0) is 30.1. The van der Waals surface area contributed by atoms with Crippen molar-refractivity contribution in [2.24, 2.45) is 5.92 Å². The van der Waals surface area contributed by atoms with Crippen LogP contribution in [0.5, 0.6) is 17.2 Å². The Kier molecular flexibility index (Phi) is 11.2. The maximum atomic E-state index is 13.7. The minimum absolute atomic E-state index is 0.160. The van der Waals surface area contributed by atoms with Crippen LogP contribution in [0, 0.1) is 5.92 Å². The average molecular weight is 572 g/mol. The van der Waals surface area contributed by atoms with Gasteiger partial charge in [-0.3, -0.25) is 19.2 Å². The number of pyridine rings is 1. The normalized spacial score (nSPS) is 14.2. The van der Waals surface area contributed by atoms with Gasteiger partial charge in [0.2, 0.25) is 5.91 Å². The Labute approximate surface area is 239 Å². The first-order valence-electron chi connectivity index (χ1n) is 14.1. The van der Waals surface area contributed by atoms with Gasteiger partial charge in [-0.1, -0.05) is 51.5 Å². The second kappa shape index (κ2) is 14.6. The molecule has 1 saturated carbocycles. The minimum atomic E-state index is -1.18. The number of amides is 2. The number of ether oxygens (including phenoxy) is 2. The lowest BCUT2D eigenvalue weighted by Gasteiger charge is -2.29. The Morgan fingerprint density at radius 2 is 1.73 bits per heavy atom. The number of methoxy groups -OCH3 is 2. The van der Waals surface area contributed by atoms with Gasteiger partial charge in [-0.15, -0.1) is 0 Å². The number of benzene rings is 1. The monoisotopic (exact) mass is 571 g/mol. The molecule has 2 amide bonds. The van der Waals surface area contributed by atoms with Gasteiger partial charge >= 0.3 is 5.97 Å². The van der Waals surface area contributed by atoms with Crippen LogP contribution in [0.15, 0.2) is 23.0 Å². The second-order valence-electron chi connectivity index (χ2n) is 10.5. The van der Waals surface area contributed by atoms with Crippen LogP contribution >= 0.6 is 0 Å². The number of aryl methyl sites for hydroxylation is 1. The molecule has 1 fully saturated rings. The molecule has 1 heterocycles. The van der Waals surface area contributed by atoms with Gasteiger partial charge in [0.05, 0.1) is 25.3 Å². The summed E-state index contributed by atoms with van der Waals surface area (Å²) >= 11 is 0. The standard InChI is InChI=1S/C30H41N3O8/c1-5-6-13-19-24(25-21(40-3)14-10-15-22(25)41-4)27(36)26(28(37)31-19)29(38)32-20(16-18-11-8-7-9-12-18)30(39)33(2)17-23(34)35/h10,14-15,18,20H,5-9,11-13,16-17H2,1-4H3,(H,32,38)(H,34,35)(H2,31,36,37). The number of aromatic nitrogens is 1. The van der Waals surface area contributed by atoms with E-state index in [1.54, 1.807) is 18.2 Å². The van der Waals surface area contributed by atoms with Crippen molar-refractivity contribution in [3.63, 3.8) is 0 Å². The van der Waals surface area contributed by atoms with Crippen molar-refractivity contribution in [2.45, 2.75) is 70.8 Å². The number of aromatic hydroxyl groups is 1. The summed E-state index contributed by atoms with van der Waals surface area (Å²) in [4.78, 5) is 55.3. The summed E-state index contributed by atoms with van der Waals surface area (Å²) in [6, 6.07) is 4.02. The predicted octanol–water partition coefficient (Wildman–Crippen LogP) is 3.72. The molecule has 3 rings (SSSR count). The maximum Gasteiger partial charge on any atom is 0.323 e. The van der Waals surface area contributed by atoms with E-state index in [-0.39, 0.29) is 11.5 Å². The van der Waals surface area contributed by atoms with Gasteiger partial charge in [0, 0.05) is 12.7 Å². The van der Waals surface area contributed by atoms with Crippen molar-refractivity contribution in [2.75, 3.05) is 27.8 Å². The highest BCUT2D eigenvalue weighted by molar-refractivity contribution is 6.02. The molecule has 2 aromatic rings. The van der Waals surface area contributed by atoms with E-state index in [1.165, 1.54) is 21.3 Å². The molecule has 224 valence electrons. The van der Waals surface area contributed by atoms with E-state index in [2.05, 4.69) is 10.3 Å². The molecule has 0 spiro atoms. The minimum Gasteiger partial charge on any atom is -0.506 e. The Morgan fingerprint density at radius 3 is 2.29 bits per heavy atom. The molecule has 1 unspecified atom stereocenters. The molecule has 41 heavy (non-hydrogen) atoms. The van der Waals surface area contributed by atoms with Crippen LogP contribution in [0.4, 0.5) is 0 Å². The number of carbonyl (C=O) groups excluding carboxylic acids is 2. The van der Waals surface area contributed by atoms with E-state index < -0.39 is 47.2 Å². The number of unbranched alkanes of at least 4 members (excludes halogenated alkanes) is 1. The highest BCUT2D eigenvalue weighted by atomic mass is 16.5. The van der Waals surface area contributed by atoms with Crippen LogP contribution in [0.25, 0.3) is 11.1 Å². The Balaban J connectivity index is 2.10. The summed E-state index contributed by atoms with van der Waals surface area (Å²) in [6.45, 7) is 1.46. The molecule has 0 radical (unpaired) electrons. The van der Waals surface area contributed by atoms with Crippen LogP contribution in [-0.2, 0) is 16.0 Å². The van der Waals surface area contributed by atoms with Gasteiger partial charge in [0.25, 0.3) is 11.5 Å². The average Bonchev–Trinajstić information content (AvgIpc) is 2.95. The van der Waals surface area contributed by atoms with Gasteiger partial charge in [0.1, 0.15) is 35.4 Å². The number of carbonyl (C=O) groups is 3. The van der Waals surface area contributed by atoms with Crippen molar-refractivity contribution in [3.05, 3.63) is 39.8 Å². The number of rotatable bonds is 13. The number of aliphatic carboxylic acids is 1. The summed E-state index contributed by atoms with van der Waals surface area (Å²) in [5.74, 6) is -2.34. The van der Waals surface area contributed by atoms with Crippen LogP contribution in [0.3, 0.4) is 0 Å². The lowest BCUT2D eigenvalue weighted by molar-refractivity contribution is -0.144. The van der Waals surface area contributed by atoms with Crippen molar-refractivity contribution in [3.8, 4) is 28.4 Å². The molecule has 1 aromatic heterocycles. The van der Waals surface area contributed by atoms with Crippen LogP contribution in [0.2, 0.25) is 0 Å². The number of likely N-dealkylation sites (N-methyl/N-ethyl adjacent to an activating group) is 1. The molecule has 4 N–H and O–H groups in total. The fourth-order valence-electron chi connectivity index (χ4n) is 5.51. The van der Waals surface area contributed by atoms with Crippen molar-refractivity contribution in [1.82, 2.24) is 15.2 Å². The number of carboxylic acids is 1. The second-order valence-corrected chi connectivity index (χ2v) is 10.5. The van der Waals surface area contributed by atoms with Crippen molar-refractivity contribution >= 4 is 17.8 Å². The lowest BCUT2D eigenvalue weighted by atomic mass is 9.84. The lowest BCUT2D eigenvalue weighted by Crippen LogP contribution is -2.50. The number of carboxylic acid groups (broad SMARTS) is 1. The van der Waals surface area contributed by atoms with E-state index in [9.17, 15) is 29.4 Å². The first-order valence-corrected chi connectivity index (χ1v) is 14.1. The van der Waals surface area contributed by atoms with Gasteiger partial charge in [-0.2, -0.15) is 0 Å².